The molecule has 2 amide bonds. The maximum absolute atomic E-state index is 11.9. The van der Waals surface area contributed by atoms with E-state index in [2.05, 4.69) is 5.32 Å². The summed E-state index contributed by atoms with van der Waals surface area (Å²) in [5, 5.41) is 2.73. The van der Waals surface area contributed by atoms with Crippen LogP contribution >= 0.6 is 0 Å². The number of carbonyl (C=O) groups is 2. The molecular formula is C14H21N3O3. The molecule has 0 aliphatic carbocycles. The molecule has 0 unspecified atom stereocenters. The van der Waals surface area contributed by atoms with Crippen LogP contribution in [0.4, 0.5) is 0 Å². The van der Waals surface area contributed by atoms with Crippen molar-refractivity contribution in [3.05, 3.63) is 24.2 Å². The fourth-order valence-corrected chi connectivity index (χ4v) is 2.21. The molecule has 1 aromatic heterocycles. The molecule has 0 bridgehead atoms. The summed E-state index contributed by atoms with van der Waals surface area (Å²) in [4.78, 5) is 25.4. The Hall–Kier alpha value is -1.82. The number of furan rings is 1. The number of nitrogens with two attached hydrogens (primary N) is 1. The van der Waals surface area contributed by atoms with Crippen molar-refractivity contribution in [2.45, 2.75) is 38.3 Å². The van der Waals surface area contributed by atoms with Gasteiger partial charge in [-0.15, -0.1) is 0 Å². The van der Waals surface area contributed by atoms with Gasteiger partial charge in [-0.1, -0.05) is 0 Å². The third-order valence-corrected chi connectivity index (χ3v) is 3.50. The van der Waals surface area contributed by atoms with E-state index in [0.29, 0.717) is 25.4 Å². The summed E-state index contributed by atoms with van der Waals surface area (Å²) in [5.74, 6) is 0.600. The van der Waals surface area contributed by atoms with E-state index in [1.807, 2.05) is 0 Å². The van der Waals surface area contributed by atoms with Crippen molar-refractivity contribution >= 4 is 11.8 Å². The third kappa shape index (κ3) is 4.38. The zero-order chi connectivity index (χ0) is 14.4. The van der Waals surface area contributed by atoms with Gasteiger partial charge in [-0.3, -0.25) is 9.59 Å². The summed E-state index contributed by atoms with van der Waals surface area (Å²) in [6, 6.07) is 3.77. The lowest BCUT2D eigenvalue weighted by Gasteiger charge is -2.30. The van der Waals surface area contributed by atoms with Crippen LogP contribution in [0.2, 0.25) is 0 Å². The van der Waals surface area contributed by atoms with Crippen molar-refractivity contribution < 1.29 is 14.0 Å². The summed E-state index contributed by atoms with van der Waals surface area (Å²) < 4.78 is 5.11. The Labute approximate surface area is 118 Å². The third-order valence-electron chi connectivity index (χ3n) is 3.50. The second-order valence-corrected chi connectivity index (χ2v) is 5.07. The maximum atomic E-state index is 11.9. The minimum absolute atomic E-state index is 0.0325. The van der Waals surface area contributed by atoms with E-state index in [1.54, 1.807) is 23.3 Å². The van der Waals surface area contributed by atoms with E-state index >= 15 is 0 Å². The van der Waals surface area contributed by atoms with Gasteiger partial charge in [-0.2, -0.15) is 0 Å². The molecule has 1 aliphatic rings. The van der Waals surface area contributed by atoms with Crippen molar-refractivity contribution in [3.63, 3.8) is 0 Å². The fraction of sp³-hybridized carbons (Fsp3) is 0.571. The lowest BCUT2D eigenvalue weighted by molar-refractivity contribution is -0.134. The van der Waals surface area contributed by atoms with Gasteiger partial charge in [-0.05, 0) is 25.0 Å². The molecule has 0 aromatic carbocycles. The van der Waals surface area contributed by atoms with Crippen LogP contribution < -0.4 is 11.1 Å². The van der Waals surface area contributed by atoms with Crippen molar-refractivity contribution in [2.24, 2.45) is 5.73 Å². The summed E-state index contributed by atoms with van der Waals surface area (Å²) in [7, 11) is 0. The highest BCUT2D eigenvalue weighted by Gasteiger charge is 2.20. The number of hydrogen-bond acceptors (Lipinski definition) is 4. The van der Waals surface area contributed by atoms with Gasteiger partial charge >= 0.3 is 0 Å². The quantitative estimate of drug-likeness (QED) is 0.827. The lowest BCUT2D eigenvalue weighted by Crippen LogP contribution is -2.43. The summed E-state index contributed by atoms with van der Waals surface area (Å²) in [5.41, 5.74) is 5.79. The normalized spacial score (nSPS) is 16.1. The Morgan fingerprint density at radius 1 is 1.35 bits per heavy atom. The van der Waals surface area contributed by atoms with Crippen LogP contribution in [0.3, 0.4) is 0 Å². The Morgan fingerprint density at radius 2 is 2.10 bits per heavy atom. The first-order chi connectivity index (χ1) is 9.65. The van der Waals surface area contributed by atoms with E-state index < -0.39 is 0 Å². The molecule has 6 heteroatoms. The molecule has 20 heavy (non-hydrogen) atoms. The van der Waals surface area contributed by atoms with Gasteiger partial charge in [-0.25, -0.2) is 0 Å². The molecule has 0 spiro atoms. The number of carbonyl (C=O) groups excluding carboxylic acids is 2. The highest BCUT2D eigenvalue weighted by Crippen LogP contribution is 2.10. The number of nitrogens with one attached hydrogen (secondary N) is 1. The Bertz CT molecular complexity index is 437. The molecule has 1 saturated heterocycles. The SMILES string of the molecule is NC1CCN(C(=O)CCC(=O)NCc2ccco2)CC1. The minimum atomic E-state index is -0.136. The molecule has 110 valence electrons. The molecule has 1 aromatic rings. The zero-order valence-corrected chi connectivity index (χ0v) is 11.5. The van der Waals surface area contributed by atoms with Crippen LogP contribution in [0.1, 0.15) is 31.4 Å². The van der Waals surface area contributed by atoms with Crippen molar-refractivity contribution in [1.29, 1.82) is 0 Å². The van der Waals surface area contributed by atoms with Crippen LogP contribution in [-0.2, 0) is 16.1 Å². The molecule has 0 saturated carbocycles. The molecule has 2 heterocycles. The molecule has 0 atom stereocenters. The highest BCUT2D eigenvalue weighted by atomic mass is 16.3. The Morgan fingerprint density at radius 3 is 2.75 bits per heavy atom. The zero-order valence-electron chi connectivity index (χ0n) is 11.5. The predicted octanol–water partition coefficient (Wildman–Crippen LogP) is 0.626. The van der Waals surface area contributed by atoms with Gasteiger partial charge in [0.05, 0.1) is 12.8 Å². The number of piperidine rings is 1. The van der Waals surface area contributed by atoms with Gasteiger partial charge in [0.25, 0.3) is 0 Å². The molecular weight excluding hydrogens is 258 g/mol. The fourth-order valence-electron chi connectivity index (χ4n) is 2.21. The summed E-state index contributed by atoms with van der Waals surface area (Å²) >= 11 is 0. The maximum Gasteiger partial charge on any atom is 0.223 e. The number of likely N-dealkylation sites (tertiary alicyclic amines) is 1. The first-order valence-corrected chi connectivity index (χ1v) is 6.97. The monoisotopic (exact) mass is 279 g/mol. The first-order valence-electron chi connectivity index (χ1n) is 6.97. The van der Waals surface area contributed by atoms with Crippen LogP contribution in [0.15, 0.2) is 22.8 Å². The first kappa shape index (κ1) is 14.6. The van der Waals surface area contributed by atoms with Crippen molar-refractivity contribution in [3.8, 4) is 0 Å². The minimum Gasteiger partial charge on any atom is -0.467 e. The number of nitrogens with zero attached hydrogens (tertiary/aromatic N) is 1. The Balaban J connectivity index is 1.64. The second-order valence-electron chi connectivity index (χ2n) is 5.07. The predicted molar refractivity (Wildman–Crippen MR) is 73.6 cm³/mol. The van der Waals surface area contributed by atoms with E-state index in [4.69, 9.17) is 10.2 Å². The van der Waals surface area contributed by atoms with Gasteiger partial charge < -0.3 is 20.4 Å². The summed E-state index contributed by atoms with van der Waals surface area (Å²) in [6.45, 7) is 1.76. The average molecular weight is 279 g/mol. The van der Waals surface area contributed by atoms with Crippen molar-refractivity contribution in [1.82, 2.24) is 10.2 Å². The standard InChI is InChI=1S/C14H21N3O3/c15-11-5-7-17(8-6-11)14(19)4-3-13(18)16-10-12-2-1-9-20-12/h1-2,9,11H,3-8,10,15H2,(H,16,18). The van der Waals surface area contributed by atoms with E-state index in [1.165, 1.54) is 0 Å². The van der Waals surface area contributed by atoms with Gasteiger partial charge in [0, 0.05) is 32.0 Å². The van der Waals surface area contributed by atoms with Crippen LogP contribution in [0.5, 0.6) is 0 Å². The smallest absolute Gasteiger partial charge is 0.223 e. The number of hydrogen-bond donors (Lipinski definition) is 2. The van der Waals surface area contributed by atoms with Crippen LogP contribution in [0, 0.1) is 0 Å². The molecule has 0 radical (unpaired) electrons. The summed E-state index contributed by atoms with van der Waals surface area (Å²) in [6.07, 6.45) is 3.71. The Kier molecular flexibility index (Phi) is 5.17. The number of amides is 2. The van der Waals surface area contributed by atoms with Crippen LogP contribution in [0.25, 0.3) is 0 Å². The lowest BCUT2D eigenvalue weighted by atomic mass is 10.1. The largest absolute Gasteiger partial charge is 0.467 e. The van der Waals surface area contributed by atoms with E-state index in [-0.39, 0.29) is 30.7 Å². The van der Waals surface area contributed by atoms with Gasteiger partial charge in [0.15, 0.2) is 0 Å². The molecule has 1 aliphatic heterocycles. The van der Waals surface area contributed by atoms with E-state index in [0.717, 1.165) is 12.8 Å². The van der Waals surface area contributed by atoms with Gasteiger partial charge in [0.2, 0.25) is 11.8 Å². The molecule has 6 nitrogen and oxygen atoms in total. The topological polar surface area (TPSA) is 88.6 Å². The van der Waals surface area contributed by atoms with E-state index in [9.17, 15) is 9.59 Å². The average Bonchev–Trinajstić information content (AvgIpc) is 2.96. The molecule has 3 N–H and O–H groups in total. The van der Waals surface area contributed by atoms with Crippen molar-refractivity contribution in [2.75, 3.05) is 13.1 Å². The highest BCUT2D eigenvalue weighted by molar-refractivity contribution is 5.83. The molecule has 2 rings (SSSR count). The second kappa shape index (κ2) is 7.09. The molecule has 1 fully saturated rings. The number of rotatable bonds is 5. The van der Waals surface area contributed by atoms with Crippen LogP contribution in [-0.4, -0.2) is 35.8 Å². The van der Waals surface area contributed by atoms with Gasteiger partial charge in [0.1, 0.15) is 5.76 Å².